The Morgan fingerprint density at radius 1 is 1.50 bits per heavy atom. The number of rotatable bonds is 2. The van der Waals surface area contributed by atoms with Gasteiger partial charge in [-0.05, 0) is 23.7 Å². The Bertz CT molecular complexity index is 487. The lowest BCUT2D eigenvalue weighted by molar-refractivity contribution is 0.112. The highest BCUT2D eigenvalue weighted by molar-refractivity contribution is 6.33. The molecule has 1 aromatic heterocycles. The quantitative estimate of drug-likeness (QED) is 0.716. The van der Waals surface area contributed by atoms with Crippen LogP contribution in [0.3, 0.4) is 0 Å². The minimum atomic E-state index is 0.114. The summed E-state index contributed by atoms with van der Waals surface area (Å²) in [5.74, 6) is 0.667. The Morgan fingerprint density at radius 2 is 2.29 bits per heavy atom. The third-order valence-electron chi connectivity index (χ3n) is 2.01. The molecule has 0 radical (unpaired) electrons. The largest absolute Gasteiger partial charge is 0.497 e. The van der Waals surface area contributed by atoms with E-state index in [0.717, 1.165) is 0 Å². The normalized spacial score (nSPS) is 10.4. The van der Waals surface area contributed by atoms with E-state index in [4.69, 9.17) is 20.8 Å². The number of ether oxygens (including phenoxy) is 1. The molecule has 14 heavy (non-hydrogen) atoms. The van der Waals surface area contributed by atoms with Crippen LogP contribution in [0.25, 0.3) is 11.0 Å². The fraction of sp³-hybridized carbons (Fsp3) is 0.100. The summed E-state index contributed by atoms with van der Waals surface area (Å²) >= 11 is 5.72. The van der Waals surface area contributed by atoms with Crippen molar-refractivity contribution in [2.24, 2.45) is 0 Å². The van der Waals surface area contributed by atoms with Gasteiger partial charge in [-0.25, -0.2) is 0 Å². The molecule has 0 aliphatic heterocycles. The molecule has 0 spiro atoms. The zero-order valence-electron chi connectivity index (χ0n) is 7.41. The minimum Gasteiger partial charge on any atom is -0.497 e. The monoisotopic (exact) mass is 210 g/mol. The number of benzene rings is 1. The van der Waals surface area contributed by atoms with Crippen molar-refractivity contribution < 1.29 is 13.9 Å². The lowest BCUT2D eigenvalue weighted by Crippen LogP contribution is -1.81. The van der Waals surface area contributed by atoms with Crippen LogP contribution in [0.2, 0.25) is 5.22 Å². The first-order chi connectivity index (χ1) is 6.76. The molecular formula is C10H7ClO3. The maximum atomic E-state index is 10.7. The zero-order valence-corrected chi connectivity index (χ0v) is 8.17. The number of furan rings is 1. The highest BCUT2D eigenvalue weighted by atomic mass is 35.5. The van der Waals surface area contributed by atoms with Gasteiger partial charge in [0, 0.05) is 11.5 Å². The maximum absolute atomic E-state index is 10.7. The molecule has 0 unspecified atom stereocenters. The van der Waals surface area contributed by atoms with Crippen molar-refractivity contribution in [3.05, 3.63) is 29.0 Å². The summed E-state index contributed by atoms with van der Waals surface area (Å²) in [5.41, 5.74) is 0.931. The van der Waals surface area contributed by atoms with Gasteiger partial charge in [-0.15, -0.1) is 0 Å². The third kappa shape index (κ3) is 1.26. The number of hydrogen-bond donors (Lipinski definition) is 0. The van der Waals surface area contributed by atoms with E-state index in [9.17, 15) is 4.79 Å². The molecule has 1 aromatic carbocycles. The first-order valence-electron chi connectivity index (χ1n) is 3.97. The van der Waals surface area contributed by atoms with Crippen LogP contribution in [0.1, 0.15) is 10.4 Å². The van der Waals surface area contributed by atoms with Gasteiger partial charge in [0.05, 0.1) is 12.7 Å². The summed E-state index contributed by atoms with van der Waals surface area (Å²) in [6, 6.07) is 5.18. The molecule has 3 nitrogen and oxygen atoms in total. The predicted molar refractivity (Wildman–Crippen MR) is 53.2 cm³/mol. The molecule has 0 saturated carbocycles. The highest BCUT2D eigenvalue weighted by Crippen LogP contribution is 2.30. The van der Waals surface area contributed by atoms with Crippen molar-refractivity contribution in [2.45, 2.75) is 0 Å². The smallest absolute Gasteiger partial charge is 0.205 e. The number of carbonyl (C=O) groups is 1. The molecular weight excluding hydrogens is 204 g/mol. The van der Waals surface area contributed by atoms with E-state index in [1.807, 2.05) is 0 Å². The van der Waals surface area contributed by atoms with Crippen LogP contribution in [-0.4, -0.2) is 13.4 Å². The SMILES string of the molecule is COc1ccc2c(C=O)c(Cl)oc2c1. The van der Waals surface area contributed by atoms with E-state index in [-0.39, 0.29) is 5.22 Å². The zero-order chi connectivity index (χ0) is 10.1. The van der Waals surface area contributed by atoms with E-state index in [0.29, 0.717) is 28.6 Å². The fourth-order valence-electron chi connectivity index (χ4n) is 1.30. The van der Waals surface area contributed by atoms with E-state index in [1.165, 1.54) is 0 Å². The Morgan fingerprint density at radius 3 is 2.93 bits per heavy atom. The molecule has 0 N–H and O–H groups in total. The van der Waals surface area contributed by atoms with Crippen LogP contribution in [0.4, 0.5) is 0 Å². The molecule has 0 amide bonds. The number of aldehydes is 1. The Balaban J connectivity index is 2.74. The van der Waals surface area contributed by atoms with Gasteiger partial charge in [0.2, 0.25) is 5.22 Å². The average Bonchev–Trinajstić information content (AvgIpc) is 2.51. The summed E-state index contributed by atoms with van der Waals surface area (Å²) in [6.45, 7) is 0. The van der Waals surface area contributed by atoms with Crippen molar-refractivity contribution in [2.75, 3.05) is 7.11 Å². The molecule has 0 saturated heterocycles. The topological polar surface area (TPSA) is 39.4 Å². The fourth-order valence-corrected chi connectivity index (χ4v) is 1.53. The molecule has 2 aromatic rings. The van der Waals surface area contributed by atoms with Gasteiger partial charge in [0.1, 0.15) is 11.3 Å². The van der Waals surface area contributed by atoms with Crippen molar-refractivity contribution in [1.29, 1.82) is 0 Å². The summed E-state index contributed by atoms with van der Waals surface area (Å²) < 4.78 is 10.2. The van der Waals surface area contributed by atoms with Crippen molar-refractivity contribution in [3.63, 3.8) is 0 Å². The van der Waals surface area contributed by atoms with Crippen molar-refractivity contribution in [3.8, 4) is 5.75 Å². The third-order valence-corrected chi connectivity index (χ3v) is 2.29. The number of hydrogen-bond acceptors (Lipinski definition) is 3. The molecule has 1 heterocycles. The summed E-state index contributed by atoms with van der Waals surface area (Å²) in [4.78, 5) is 10.7. The second-order valence-electron chi connectivity index (χ2n) is 2.77. The van der Waals surface area contributed by atoms with Crippen LogP contribution in [0.5, 0.6) is 5.75 Å². The summed E-state index contributed by atoms with van der Waals surface area (Å²) in [6.07, 6.45) is 0.681. The van der Waals surface area contributed by atoms with Crippen LogP contribution in [-0.2, 0) is 0 Å². The molecule has 0 atom stereocenters. The van der Waals surface area contributed by atoms with Gasteiger partial charge >= 0.3 is 0 Å². The second-order valence-corrected chi connectivity index (χ2v) is 3.11. The Labute approximate surface area is 85.2 Å². The first-order valence-corrected chi connectivity index (χ1v) is 4.35. The molecule has 72 valence electrons. The van der Waals surface area contributed by atoms with Crippen molar-refractivity contribution >= 4 is 28.9 Å². The van der Waals surface area contributed by atoms with Crippen LogP contribution >= 0.6 is 11.6 Å². The Kier molecular flexibility index (Phi) is 2.17. The molecule has 0 bridgehead atoms. The van der Waals surface area contributed by atoms with Crippen LogP contribution < -0.4 is 4.74 Å². The minimum absolute atomic E-state index is 0.114. The number of carbonyl (C=O) groups excluding carboxylic acids is 1. The average molecular weight is 211 g/mol. The van der Waals surface area contributed by atoms with Gasteiger partial charge in [-0.3, -0.25) is 4.79 Å². The van der Waals surface area contributed by atoms with Gasteiger partial charge in [0.25, 0.3) is 0 Å². The standard InChI is InChI=1S/C10H7ClO3/c1-13-6-2-3-7-8(5-12)10(11)14-9(7)4-6/h2-5H,1H3. The van der Waals surface area contributed by atoms with Crippen LogP contribution in [0, 0.1) is 0 Å². The highest BCUT2D eigenvalue weighted by Gasteiger charge is 2.11. The molecule has 0 fully saturated rings. The van der Waals surface area contributed by atoms with E-state index in [2.05, 4.69) is 0 Å². The van der Waals surface area contributed by atoms with E-state index < -0.39 is 0 Å². The van der Waals surface area contributed by atoms with Crippen LogP contribution in [0.15, 0.2) is 22.6 Å². The number of fused-ring (bicyclic) bond motifs is 1. The van der Waals surface area contributed by atoms with E-state index >= 15 is 0 Å². The molecule has 2 rings (SSSR count). The lowest BCUT2D eigenvalue weighted by Gasteiger charge is -1.96. The lowest BCUT2D eigenvalue weighted by atomic mass is 10.2. The first kappa shape index (κ1) is 9.09. The van der Waals surface area contributed by atoms with Gasteiger partial charge in [0.15, 0.2) is 6.29 Å². The summed E-state index contributed by atoms with van der Waals surface area (Å²) in [7, 11) is 1.56. The number of halogens is 1. The molecule has 0 aliphatic rings. The van der Waals surface area contributed by atoms with Gasteiger partial charge < -0.3 is 9.15 Å². The van der Waals surface area contributed by atoms with Crippen molar-refractivity contribution in [1.82, 2.24) is 0 Å². The van der Waals surface area contributed by atoms with Gasteiger partial charge in [-0.2, -0.15) is 0 Å². The predicted octanol–water partition coefficient (Wildman–Crippen LogP) is 2.91. The van der Waals surface area contributed by atoms with Gasteiger partial charge in [-0.1, -0.05) is 0 Å². The number of methoxy groups -OCH3 is 1. The second kappa shape index (κ2) is 3.35. The van der Waals surface area contributed by atoms with E-state index in [1.54, 1.807) is 25.3 Å². The summed E-state index contributed by atoms with van der Waals surface area (Å²) in [5, 5.41) is 0.814. The Hall–Kier alpha value is -1.48. The molecule has 0 aliphatic carbocycles. The maximum Gasteiger partial charge on any atom is 0.205 e. The molecule has 4 heteroatoms.